The molecule has 1 nitrogen and oxygen atoms in total. The van der Waals surface area contributed by atoms with Crippen LogP contribution in [-0.4, -0.2) is 4.98 Å². The monoisotopic (exact) mass is 415 g/mol. The molecule has 1 heterocycles. The van der Waals surface area contributed by atoms with Crippen LogP contribution in [0.3, 0.4) is 0 Å². The number of halogens is 5. The first-order valence-corrected chi connectivity index (χ1v) is 5.35. The number of rotatable bonds is 1. The van der Waals surface area contributed by atoms with E-state index in [1.54, 1.807) is 22.6 Å². The SMILES string of the molecule is FC(F)c1c(I)ncc(I)c1Cl. The lowest BCUT2D eigenvalue weighted by Crippen LogP contribution is -1.96. The molecule has 0 fully saturated rings. The second kappa shape index (κ2) is 4.32. The molecule has 0 spiro atoms. The lowest BCUT2D eigenvalue weighted by atomic mass is 10.3. The topological polar surface area (TPSA) is 12.9 Å². The Morgan fingerprint density at radius 2 is 2.00 bits per heavy atom. The zero-order chi connectivity index (χ0) is 9.30. The van der Waals surface area contributed by atoms with Gasteiger partial charge in [-0.1, -0.05) is 11.6 Å². The minimum atomic E-state index is -2.56. The lowest BCUT2D eigenvalue weighted by Gasteiger charge is -2.05. The summed E-state index contributed by atoms with van der Waals surface area (Å²) in [7, 11) is 0. The van der Waals surface area contributed by atoms with Gasteiger partial charge in [0.1, 0.15) is 3.70 Å². The summed E-state index contributed by atoms with van der Waals surface area (Å²) in [6.45, 7) is 0. The summed E-state index contributed by atoms with van der Waals surface area (Å²) in [4.78, 5) is 3.78. The molecule has 6 heteroatoms. The van der Waals surface area contributed by atoms with Crippen molar-refractivity contribution in [3.63, 3.8) is 0 Å². The van der Waals surface area contributed by atoms with Crippen molar-refractivity contribution in [3.8, 4) is 0 Å². The molecular formula is C6H2ClF2I2N. The van der Waals surface area contributed by atoms with Gasteiger partial charge in [0.05, 0.1) is 14.2 Å². The second-order valence-corrected chi connectivity index (χ2v) is 4.49. The van der Waals surface area contributed by atoms with Crippen LogP contribution >= 0.6 is 56.8 Å². The Morgan fingerprint density at radius 3 is 2.42 bits per heavy atom. The molecule has 0 unspecified atom stereocenters. The minimum Gasteiger partial charge on any atom is -0.249 e. The lowest BCUT2D eigenvalue weighted by molar-refractivity contribution is 0.150. The Labute approximate surface area is 100 Å². The average Bonchev–Trinajstić information content (AvgIpc) is 1.97. The molecule has 0 aliphatic heterocycles. The van der Waals surface area contributed by atoms with Crippen LogP contribution in [0.15, 0.2) is 6.20 Å². The van der Waals surface area contributed by atoms with E-state index in [0.717, 1.165) is 0 Å². The van der Waals surface area contributed by atoms with Gasteiger partial charge < -0.3 is 0 Å². The van der Waals surface area contributed by atoms with E-state index in [0.29, 0.717) is 3.57 Å². The third-order valence-electron chi connectivity index (χ3n) is 1.18. The first-order chi connectivity index (χ1) is 5.54. The Balaban J connectivity index is 3.33. The maximum atomic E-state index is 12.3. The van der Waals surface area contributed by atoms with Crippen molar-refractivity contribution in [2.45, 2.75) is 6.43 Å². The standard InChI is InChI=1S/C6H2ClF2I2N/c7-4-2(10)1-12-6(11)3(4)5(8)9/h1,5H. The van der Waals surface area contributed by atoms with Gasteiger partial charge in [-0.2, -0.15) is 0 Å². The Bertz CT molecular complexity index is 306. The Kier molecular flexibility index (Phi) is 3.90. The molecule has 0 aromatic carbocycles. The second-order valence-electron chi connectivity index (χ2n) is 1.93. The maximum absolute atomic E-state index is 12.3. The normalized spacial score (nSPS) is 10.8. The van der Waals surface area contributed by atoms with E-state index < -0.39 is 6.43 Å². The van der Waals surface area contributed by atoms with Crippen molar-refractivity contribution >= 4 is 56.8 Å². The van der Waals surface area contributed by atoms with Crippen LogP contribution in [0.5, 0.6) is 0 Å². The molecule has 0 atom stereocenters. The molecule has 0 radical (unpaired) electrons. The molecule has 0 saturated carbocycles. The number of aromatic nitrogens is 1. The van der Waals surface area contributed by atoms with E-state index in [4.69, 9.17) is 11.6 Å². The molecule has 12 heavy (non-hydrogen) atoms. The van der Waals surface area contributed by atoms with Gasteiger partial charge in [0.25, 0.3) is 6.43 Å². The summed E-state index contributed by atoms with van der Waals surface area (Å²) in [6, 6.07) is 0. The van der Waals surface area contributed by atoms with Crippen LogP contribution in [0.2, 0.25) is 5.02 Å². The Morgan fingerprint density at radius 1 is 1.42 bits per heavy atom. The summed E-state index contributed by atoms with van der Waals surface area (Å²) in [5.41, 5.74) is -0.177. The summed E-state index contributed by atoms with van der Waals surface area (Å²) in [6.07, 6.45) is -1.09. The number of pyridine rings is 1. The van der Waals surface area contributed by atoms with Crippen molar-refractivity contribution in [2.75, 3.05) is 0 Å². The summed E-state index contributed by atoms with van der Waals surface area (Å²) in [5.74, 6) is 0. The fraction of sp³-hybridized carbons (Fsp3) is 0.167. The van der Waals surface area contributed by atoms with Crippen LogP contribution in [0.1, 0.15) is 12.0 Å². The molecule has 0 amide bonds. The van der Waals surface area contributed by atoms with Crippen molar-refractivity contribution < 1.29 is 8.78 Å². The molecule has 0 bridgehead atoms. The fourth-order valence-corrected chi connectivity index (χ4v) is 2.10. The van der Waals surface area contributed by atoms with E-state index in [9.17, 15) is 8.78 Å². The summed E-state index contributed by atoms with van der Waals surface area (Å²) >= 11 is 9.27. The van der Waals surface area contributed by atoms with Crippen LogP contribution in [0.25, 0.3) is 0 Å². The largest absolute Gasteiger partial charge is 0.267 e. The molecular weight excluding hydrogens is 413 g/mol. The molecule has 0 saturated heterocycles. The van der Waals surface area contributed by atoms with Gasteiger partial charge in [0.2, 0.25) is 0 Å². The van der Waals surface area contributed by atoms with Gasteiger partial charge >= 0.3 is 0 Å². The van der Waals surface area contributed by atoms with E-state index >= 15 is 0 Å². The van der Waals surface area contributed by atoms with Gasteiger partial charge in [0.15, 0.2) is 0 Å². The molecule has 66 valence electrons. The summed E-state index contributed by atoms with van der Waals surface area (Å²) in [5, 5.41) is 0.102. The molecule has 0 aliphatic rings. The highest BCUT2D eigenvalue weighted by atomic mass is 127. The fourth-order valence-electron chi connectivity index (χ4n) is 0.645. The van der Waals surface area contributed by atoms with Crippen LogP contribution in [0.4, 0.5) is 8.78 Å². The van der Waals surface area contributed by atoms with Crippen LogP contribution in [0, 0.1) is 7.27 Å². The third kappa shape index (κ3) is 2.16. The van der Waals surface area contributed by atoms with Crippen molar-refractivity contribution in [2.24, 2.45) is 0 Å². The highest BCUT2D eigenvalue weighted by Gasteiger charge is 2.18. The van der Waals surface area contributed by atoms with Gasteiger partial charge in [-0.15, -0.1) is 0 Å². The van der Waals surface area contributed by atoms with Crippen LogP contribution in [-0.2, 0) is 0 Å². The van der Waals surface area contributed by atoms with Gasteiger partial charge in [-0.05, 0) is 45.2 Å². The van der Waals surface area contributed by atoms with Crippen molar-refractivity contribution in [3.05, 3.63) is 24.1 Å². The molecule has 0 aliphatic carbocycles. The molecule has 0 N–H and O–H groups in total. The molecule has 1 aromatic rings. The van der Waals surface area contributed by atoms with Crippen molar-refractivity contribution in [1.29, 1.82) is 0 Å². The Hall–Kier alpha value is 0.760. The van der Waals surface area contributed by atoms with E-state index in [-0.39, 0.29) is 14.3 Å². The number of alkyl halides is 2. The quantitative estimate of drug-likeness (QED) is 0.501. The highest BCUT2D eigenvalue weighted by Crippen LogP contribution is 2.32. The van der Waals surface area contributed by atoms with Gasteiger partial charge in [-0.3, -0.25) is 0 Å². The molecule has 1 rings (SSSR count). The zero-order valence-electron chi connectivity index (χ0n) is 5.49. The van der Waals surface area contributed by atoms with E-state index in [1.165, 1.54) is 6.20 Å². The average molecular weight is 415 g/mol. The zero-order valence-corrected chi connectivity index (χ0v) is 10.6. The highest BCUT2D eigenvalue weighted by molar-refractivity contribution is 14.1. The molecule has 1 aromatic heterocycles. The van der Waals surface area contributed by atoms with E-state index in [1.807, 2.05) is 22.6 Å². The third-order valence-corrected chi connectivity index (χ3v) is 3.58. The number of nitrogens with zero attached hydrogens (tertiary/aromatic N) is 1. The maximum Gasteiger partial charge on any atom is 0.267 e. The number of hydrogen-bond donors (Lipinski definition) is 0. The first-order valence-electron chi connectivity index (χ1n) is 2.81. The van der Waals surface area contributed by atoms with Crippen LogP contribution < -0.4 is 0 Å². The van der Waals surface area contributed by atoms with Gasteiger partial charge in [-0.25, -0.2) is 13.8 Å². The van der Waals surface area contributed by atoms with Crippen molar-refractivity contribution in [1.82, 2.24) is 4.98 Å². The number of hydrogen-bond acceptors (Lipinski definition) is 1. The minimum absolute atomic E-state index is 0.102. The van der Waals surface area contributed by atoms with E-state index in [2.05, 4.69) is 4.98 Å². The predicted octanol–water partition coefficient (Wildman–Crippen LogP) is 3.88. The predicted molar refractivity (Wildman–Crippen MR) is 59.6 cm³/mol. The summed E-state index contributed by atoms with van der Waals surface area (Å²) < 4.78 is 25.5. The smallest absolute Gasteiger partial charge is 0.249 e. The first kappa shape index (κ1) is 10.8. The van der Waals surface area contributed by atoms with Gasteiger partial charge in [0, 0.05) is 6.20 Å².